The monoisotopic (exact) mass is 488 g/mol. The minimum absolute atomic E-state index is 0.290. The summed E-state index contributed by atoms with van der Waals surface area (Å²) in [5, 5.41) is 1.51. The van der Waals surface area contributed by atoms with Crippen LogP contribution in [0.3, 0.4) is 0 Å². The van der Waals surface area contributed by atoms with Crippen LogP contribution in [0.15, 0.2) is 4.79 Å². The van der Waals surface area contributed by atoms with Crippen molar-refractivity contribution in [2.24, 2.45) is 0 Å². The number of anilines is 2. The van der Waals surface area contributed by atoms with Gasteiger partial charge in [0.1, 0.15) is 5.82 Å². The lowest BCUT2D eigenvalue weighted by atomic mass is 10.0. The van der Waals surface area contributed by atoms with Gasteiger partial charge in [0.05, 0.1) is 44.7 Å². The third-order valence-electron chi connectivity index (χ3n) is 5.64. The lowest BCUT2D eigenvalue weighted by Crippen LogP contribution is -2.57. The number of likely N-dealkylation sites (N-methyl/N-ethyl adjacent to an activating group) is 1. The summed E-state index contributed by atoms with van der Waals surface area (Å²) in [6, 6.07) is 0.701. The zero-order valence-electron chi connectivity index (χ0n) is 15.3. The van der Waals surface area contributed by atoms with E-state index in [1.807, 2.05) is 29.8 Å². The molecule has 2 aliphatic heterocycles. The van der Waals surface area contributed by atoms with Gasteiger partial charge < -0.3 is 9.80 Å². The maximum Gasteiger partial charge on any atom is 0.360 e. The summed E-state index contributed by atoms with van der Waals surface area (Å²) in [5.74, 6) is 0.721. The Kier molecular flexibility index (Phi) is 4.55. The van der Waals surface area contributed by atoms with Gasteiger partial charge in [-0.1, -0.05) is 11.6 Å². The molecular weight excluding hydrogens is 467 g/mol. The molecule has 26 heavy (non-hydrogen) atoms. The van der Waals surface area contributed by atoms with E-state index in [1.165, 1.54) is 2.78 Å². The maximum absolute atomic E-state index is 12.6. The van der Waals surface area contributed by atoms with Gasteiger partial charge in [0.15, 0.2) is 5.65 Å². The number of rotatable bonds is 0. The van der Waals surface area contributed by atoms with E-state index in [0.29, 0.717) is 22.8 Å². The van der Waals surface area contributed by atoms with Crippen molar-refractivity contribution in [1.29, 1.82) is 0 Å². The molecule has 0 spiro atoms. The van der Waals surface area contributed by atoms with Crippen molar-refractivity contribution in [2.75, 3.05) is 43.5 Å². The highest BCUT2D eigenvalue weighted by Crippen LogP contribution is 2.41. The summed E-state index contributed by atoms with van der Waals surface area (Å²) < 4.78 is 1.49. The average Bonchev–Trinajstić information content (AvgIpc) is 2.59. The Hall–Kier alpha value is -1.13. The average molecular weight is 489 g/mol. The first-order chi connectivity index (χ1) is 12.3. The largest absolute Gasteiger partial charge is 0.373 e. The SMILES string of the molecule is Cc1nc2c3c(nc(=O)n2I)N2CC(C)N(C)CC2CCN(C)c3c1Cl. The normalized spacial score (nSPS) is 23.8. The van der Waals surface area contributed by atoms with Crippen LogP contribution in [-0.4, -0.2) is 63.5 Å². The highest BCUT2D eigenvalue weighted by Gasteiger charge is 2.35. The zero-order chi connectivity index (χ0) is 18.7. The van der Waals surface area contributed by atoms with Gasteiger partial charge in [0, 0.05) is 38.8 Å². The molecule has 0 aliphatic carbocycles. The van der Waals surface area contributed by atoms with E-state index in [0.717, 1.165) is 48.6 Å². The lowest BCUT2D eigenvalue weighted by molar-refractivity contribution is 0.195. The Bertz CT molecular complexity index is 947. The number of hydrogen-bond donors (Lipinski definition) is 0. The Morgan fingerprint density at radius 1 is 1.23 bits per heavy atom. The minimum atomic E-state index is -0.290. The van der Waals surface area contributed by atoms with Crippen molar-refractivity contribution in [3.63, 3.8) is 0 Å². The van der Waals surface area contributed by atoms with Crippen LogP contribution in [0.25, 0.3) is 11.0 Å². The van der Waals surface area contributed by atoms with Gasteiger partial charge in [0.2, 0.25) is 0 Å². The molecule has 140 valence electrons. The molecule has 2 aromatic heterocycles. The van der Waals surface area contributed by atoms with Gasteiger partial charge in [-0.2, -0.15) is 4.98 Å². The van der Waals surface area contributed by atoms with Gasteiger partial charge >= 0.3 is 5.69 Å². The van der Waals surface area contributed by atoms with Crippen molar-refractivity contribution in [2.45, 2.75) is 32.4 Å². The van der Waals surface area contributed by atoms with Crippen molar-refractivity contribution in [3.8, 4) is 0 Å². The minimum Gasteiger partial charge on any atom is -0.373 e. The van der Waals surface area contributed by atoms with Gasteiger partial charge in [-0.15, -0.1) is 0 Å². The summed E-state index contributed by atoms with van der Waals surface area (Å²) in [5.41, 5.74) is 2.00. The predicted molar refractivity (Wildman–Crippen MR) is 114 cm³/mol. The molecule has 0 N–H and O–H groups in total. The summed E-state index contributed by atoms with van der Waals surface area (Å²) >= 11 is 8.65. The molecule has 0 aromatic carbocycles. The predicted octanol–water partition coefficient (Wildman–Crippen LogP) is 2.30. The van der Waals surface area contributed by atoms with E-state index in [-0.39, 0.29) is 5.69 Å². The Balaban J connectivity index is 2.08. The number of aryl methyl sites for hydroxylation is 1. The zero-order valence-corrected chi connectivity index (χ0v) is 18.2. The van der Waals surface area contributed by atoms with Crippen LogP contribution in [-0.2, 0) is 0 Å². The van der Waals surface area contributed by atoms with Gasteiger partial charge in [-0.3, -0.25) is 4.90 Å². The van der Waals surface area contributed by atoms with E-state index < -0.39 is 0 Å². The number of aromatic nitrogens is 3. The highest BCUT2D eigenvalue weighted by molar-refractivity contribution is 14.1. The second kappa shape index (κ2) is 6.49. The van der Waals surface area contributed by atoms with E-state index >= 15 is 0 Å². The molecule has 0 bridgehead atoms. The molecule has 1 saturated heterocycles. The van der Waals surface area contributed by atoms with Crippen LogP contribution in [0.4, 0.5) is 11.5 Å². The molecule has 4 heterocycles. The highest BCUT2D eigenvalue weighted by atomic mass is 127. The van der Waals surface area contributed by atoms with Gasteiger partial charge in [0.25, 0.3) is 0 Å². The van der Waals surface area contributed by atoms with Crippen molar-refractivity contribution in [1.82, 2.24) is 17.6 Å². The molecule has 4 rings (SSSR count). The third-order valence-corrected chi connectivity index (χ3v) is 6.97. The van der Waals surface area contributed by atoms with Crippen molar-refractivity contribution in [3.05, 3.63) is 21.2 Å². The summed E-state index contributed by atoms with van der Waals surface area (Å²) in [6.45, 7) is 6.77. The second-order valence-electron chi connectivity index (χ2n) is 7.36. The molecular formula is C17H22ClIN6O. The smallest absolute Gasteiger partial charge is 0.360 e. The fourth-order valence-corrected chi connectivity index (χ4v) is 4.73. The van der Waals surface area contributed by atoms with Gasteiger partial charge in [-0.25, -0.2) is 12.6 Å². The van der Waals surface area contributed by atoms with Crippen LogP contribution in [0.2, 0.25) is 5.02 Å². The molecule has 0 amide bonds. The topological polar surface area (TPSA) is 57.5 Å². The van der Waals surface area contributed by atoms with E-state index in [2.05, 4.69) is 45.7 Å². The number of halogens is 2. The number of nitrogens with zero attached hydrogens (tertiary/aromatic N) is 6. The summed E-state index contributed by atoms with van der Waals surface area (Å²) in [4.78, 5) is 28.5. The fourth-order valence-electron chi connectivity index (χ4n) is 3.99. The van der Waals surface area contributed by atoms with Crippen LogP contribution in [0.1, 0.15) is 19.0 Å². The maximum atomic E-state index is 12.6. The first-order valence-electron chi connectivity index (χ1n) is 8.76. The summed E-state index contributed by atoms with van der Waals surface area (Å²) in [7, 11) is 4.21. The van der Waals surface area contributed by atoms with Crippen LogP contribution >= 0.6 is 34.5 Å². The van der Waals surface area contributed by atoms with Crippen LogP contribution in [0, 0.1) is 6.92 Å². The third kappa shape index (κ3) is 2.68. The second-order valence-corrected chi connectivity index (χ2v) is 8.71. The molecule has 0 saturated carbocycles. The van der Waals surface area contributed by atoms with Crippen LogP contribution < -0.4 is 15.5 Å². The number of fused-ring (bicyclic) bond motifs is 2. The number of pyridine rings is 1. The van der Waals surface area contributed by atoms with Gasteiger partial charge in [-0.05, 0) is 27.3 Å². The van der Waals surface area contributed by atoms with E-state index in [1.54, 1.807) is 0 Å². The lowest BCUT2D eigenvalue weighted by Gasteiger charge is -2.46. The molecule has 2 unspecified atom stereocenters. The Labute approximate surface area is 171 Å². The molecule has 0 radical (unpaired) electrons. The standard InChI is InChI=1S/C17H22ClIN6O/c1-9-7-24-11(8-23(9)4)5-6-22(3)14-12-15(24)21-17(26)25(19)16(12)20-10(2)13(14)18/h9,11H,5-8H2,1-4H3. The molecule has 1 fully saturated rings. The van der Waals surface area contributed by atoms with Crippen molar-refractivity contribution >= 4 is 57.0 Å². The molecule has 2 aliphatic rings. The first-order valence-corrected chi connectivity index (χ1v) is 10.1. The Morgan fingerprint density at radius 3 is 2.69 bits per heavy atom. The molecule has 2 atom stereocenters. The van der Waals surface area contributed by atoms with Crippen LogP contribution in [0.5, 0.6) is 0 Å². The number of piperazine rings is 1. The van der Waals surface area contributed by atoms with E-state index in [9.17, 15) is 4.79 Å². The summed E-state index contributed by atoms with van der Waals surface area (Å²) in [6.07, 6.45) is 0.987. The van der Waals surface area contributed by atoms with Crippen molar-refractivity contribution < 1.29 is 0 Å². The molecule has 2 aromatic rings. The fraction of sp³-hybridized carbons (Fsp3) is 0.588. The first kappa shape index (κ1) is 18.2. The van der Waals surface area contributed by atoms with E-state index in [4.69, 9.17) is 11.6 Å². The Morgan fingerprint density at radius 2 is 1.96 bits per heavy atom. The number of hydrogen-bond acceptors (Lipinski definition) is 6. The molecule has 7 nitrogen and oxygen atoms in total. The quantitative estimate of drug-likeness (QED) is 0.531. The molecule has 9 heteroatoms.